The number of carbonyl (C=O) groups is 2. The van der Waals surface area contributed by atoms with Crippen LogP contribution in [0.3, 0.4) is 0 Å². The van der Waals surface area contributed by atoms with Crippen LogP contribution in [0.1, 0.15) is 51.4 Å². The van der Waals surface area contributed by atoms with E-state index in [0.29, 0.717) is 0 Å². The smallest absolute Gasteiger partial charge is 0.450 e. The average molecular weight is 262 g/mol. The third kappa shape index (κ3) is 14.5. The summed E-state index contributed by atoms with van der Waals surface area (Å²) in [6.07, 6.45) is 5.49. The highest BCUT2D eigenvalue weighted by molar-refractivity contribution is 5.56. The lowest BCUT2D eigenvalue weighted by Gasteiger charge is -2.02. The zero-order chi connectivity index (χ0) is 13.6. The van der Waals surface area contributed by atoms with Gasteiger partial charge in [-0.05, 0) is 12.8 Å². The number of hydrogen-bond acceptors (Lipinski definition) is 4. The highest BCUT2D eigenvalue weighted by atomic mass is 16.7. The molecule has 0 aromatic rings. The SMILES string of the molecule is O=C(O)OCCCCCCCCCCOC(=O)O. The molecule has 0 rings (SSSR count). The highest BCUT2D eigenvalue weighted by Gasteiger charge is 1.97. The Morgan fingerprint density at radius 1 is 0.611 bits per heavy atom. The zero-order valence-corrected chi connectivity index (χ0v) is 10.6. The Balaban J connectivity index is 2.99. The first-order valence-corrected chi connectivity index (χ1v) is 6.34. The molecule has 0 saturated carbocycles. The van der Waals surface area contributed by atoms with Gasteiger partial charge < -0.3 is 19.7 Å². The van der Waals surface area contributed by atoms with Crippen molar-refractivity contribution in [3.8, 4) is 0 Å². The van der Waals surface area contributed by atoms with E-state index < -0.39 is 12.3 Å². The summed E-state index contributed by atoms with van der Waals surface area (Å²) in [5.41, 5.74) is 0. The molecular weight excluding hydrogens is 240 g/mol. The van der Waals surface area contributed by atoms with Crippen molar-refractivity contribution in [2.24, 2.45) is 0 Å². The molecule has 0 aliphatic heterocycles. The molecule has 0 atom stereocenters. The Morgan fingerprint density at radius 2 is 0.889 bits per heavy atom. The molecule has 0 bridgehead atoms. The van der Waals surface area contributed by atoms with Crippen molar-refractivity contribution in [3.05, 3.63) is 0 Å². The van der Waals surface area contributed by atoms with Crippen LogP contribution >= 0.6 is 0 Å². The number of carboxylic acid groups (broad SMARTS) is 2. The summed E-state index contributed by atoms with van der Waals surface area (Å²) < 4.78 is 8.78. The lowest BCUT2D eigenvalue weighted by atomic mass is 10.1. The van der Waals surface area contributed by atoms with Crippen molar-refractivity contribution in [1.29, 1.82) is 0 Å². The number of hydrogen-bond donors (Lipinski definition) is 2. The van der Waals surface area contributed by atoms with E-state index in [1.165, 1.54) is 0 Å². The maximum atomic E-state index is 10.0. The van der Waals surface area contributed by atoms with Crippen molar-refractivity contribution < 1.29 is 29.3 Å². The van der Waals surface area contributed by atoms with Crippen molar-refractivity contribution in [2.75, 3.05) is 13.2 Å². The van der Waals surface area contributed by atoms with E-state index >= 15 is 0 Å². The fraction of sp³-hybridized carbons (Fsp3) is 0.833. The van der Waals surface area contributed by atoms with Gasteiger partial charge in [0.05, 0.1) is 13.2 Å². The summed E-state index contributed by atoms with van der Waals surface area (Å²) in [6.45, 7) is 0.559. The fourth-order valence-corrected chi connectivity index (χ4v) is 1.58. The van der Waals surface area contributed by atoms with Gasteiger partial charge >= 0.3 is 12.3 Å². The van der Waals surface area contributed by atoms with E-state index in [1.54, 1.807) is 0 Å². The largest absolute Gasteiger partial charge is 0.505 e. The molecule has 106 valence electrons. The molecule has 0 aliphatic rings. The number of unbranched alkanes of at least 4 members (excludes halogenated alkanes) is 7. The minimum absolute atomic E-state index is 0.280. The molecule has 0 heterocycles. The van der Waals surface area contributed by atoms with Gasteiger partial charge in [-0.3, -0.25) is 0 Å². The van der Waals surface area contributed by atoms with Gasteiger partial charge in [-0.2, -0.15) is 0 Å². The second-order valence-electron chi connectivity index (χ2n) is 4.06. The first kappa shape index (κ1) is 16.5. The second-order valence-corrected chi connectivity index (χ2v) is 4.06. The van der Waals surface area contributed by atoms with E-state index in [-0.39, 0.29) is 13.2 Å². The van der Waals surface area contributed by atoms with Gasteiger partial charge in [-0.1, -0.05) is 38.5 Å². The quantitative estimate of drug-likeness (QED) is 0.437. The molecule has 0 aromatic heterocycles. The van der Waals surface area contributed by atoms with E-state index in [4.69, 9.17) is 10.2 Å². The van der Waals surface area contributed by atoms with E-state index in [9.17, 15) is 9.59 Å². The van der Waals surface area contributed by atoms with Crippen LogP contribution in [-0.2, 0) is 9.47 Å². The summed E-state index contributed by atoms with van der Waals surface area (Å²) >= 11 is 0. The molecule has 18 heavy (non-hydrogen) atoms. The van der Waals surface area contributed by atoms with Crippen molar-refractivity contribution >= 4 is 12.3 Å². The second kappa shape index (κ2) is 12.0. The maximum absolute atomic E-state index is 10.0. The Morgan fingerprint density at radius 3 is 1.17 bits per heavy atom. The van der Waals surface area contributed by atoms with Gasteiger partial charge in [0.2, 0.25) is 0 Å². The fourth-order valence-electron chi connectivity index (χ4n) is 1.58. The van der Waals surface area contributed by atoms with Crippen molar-refractivity contribution in [3.63, 3.8) is 0 Å². The van der Waals surface area contributed by atoms with E-state index in [1.807, 2.05) is 0 Å². The Kier molecular flexibility index (Phi) is 11.0. The Hall–Kier alpha value is -1.46. The Bertz CT molecular complexity index is 205. The zero-order valence-electron chi connectivity index (χ0n) is 10.6. The number of rotatable bonds is 11. The summed E-state index contributed by atoms with van der Waals surface area (Å²) in [4.78, 5) is 20.1. The predicted molar refractivity (Wildman–Crippen MR) is 64.9 cm³/mol. The molecular formula is C12H22O6. The summed E-state index contributed by atoms with van der Waals surface area (Å²) in [7, 11) is 0. The first-order valence-electron chi connectivity index (χ1n) is 6.34. The van der Waals surface area contributed by atoms with Crippen LogP contribution < -0.4 is 0 Å². The topological polar surface area (TPSA) is 93.1 Å². The molecule has 6 heteroatoms. The molecule has 0 aliphatic carbocycles. The molecule has 0 spiro atoms. The monoisotopic (exact) mass is 262 g/mol. The molecule has 2 N–H and O–H groups in total. The van der Waals surface area contributed by atoms with Gasteiger partial charge in [-0.15, -0.1) is 0 Å². The van der Waals surface area contributed by atoms with Crippen LogP contribution in [0.15, 0.2) is 0 Å². The van der Waals surface area contributed by atoms with Crippen LogP contribution in [0.25, 0.3) is 0 Å². The van der Waals surface area contributed by atoms with Gasteiger partial charge in [0, 0.05) is 0 Å². The molecule has 0 aromatic carbocycles. The standard InChI is InChI=1S/C12H22O6/c13-11(14)17-9-7-5-3-1-2-4-6-8-10-18-12(15)16/h1-10H2,(H,13,14)(H,15,16). The average Bonchev–Trinajstić information content (AvgIpc) is 2.29. The summed E-state index contributed by atoms with van der Waals surface area (Å²) in [5, 5.41) is 16.4. The molecule has 0 fully saturated rings. The van der Waals surface area contributed by atoms with Crippen LogP contribution in [0, 0.1) is 0 Å². The normalized spacial score (nSPS) is 10.0. The third-order valence-electron chi connectivity index (χ3n) is 2.49. The lowest BCUT2D eigenvalue weighted by molar-refractivity contribution is 0.0884. The summed E-state index contributed by atoms with van der Waals surface area (Å²) in [6, 6.07) is 0. The molecule has 6 nitrogen and oxygen atoms in total. The van der Waals surface area contributed by atoms with Crippen molar-refractivity contribution in [2.45, 2.75) is 51.4 Å². The maximum Gasteiger partial charge on any atom is 0.505 e. The van der Waals surface area contributed by atoms with Gasteiger partial charge in [0.1, 0.15) is 0 Å². The molecule has 0 radical (unpaired) electrons. The highest BCUT2D eigenvalue weighted by Crippen LogP contribution is 2.08. The van der Waals surface area contributed by atoms with E-state index in [0.717, 1.165) is 51.4 Å². The molecule has 0 amide bonds. The number of ether oxygens (including phenoxy) is 2. The summed E-state index contributed by atoms with van der Waals surface area (Å²) in [5.74, 6) is 0. The van der Waals surface area contributed by atoms with Crippen LogP contribution in [0.5, 0.6) is 0 Å². The lowest BCUT2D eigenvalue weighted by Crippen LogP contribution is -2.01. The van der Waals surface area contributed by atoms with E-state index in [2.05, 4.69) is 9.47 Å². The minimum Gasteiger partial charge on any atom is -0.450 e. The van der Waals surface area contributed by atoms with Gasteiger partial charge in [0.25, 0.3) is 0 Å². The van der Waals surface area contributed by atoms with Crippen LogP contribution in [-0.4, -0.2) is 35.7 Å². The molecule has 0 saturated heterocycles. The van der Waals surface area contributed by atoms with Gasteiger partial charge in [0.15, 0.2) is 0 Å². The van der Waals surface area contributed by atoms with Crippen LogP contribution in [0.2, 0.25) is 0 Å². The first-order chi connectivity index (χ1) is 8.63. The van der Waals surface area contributed by atoms with Crippen molar-refractivity contribution in [1.82, 2.24) is 0 Å². The molecule has 0 unspecified atom stereocenters. The van der Waals surface area contributed by atoms with Gasteiger partial charge in [-0.25, -0.2) is 9.59 Å². The third-order valence-corrected chi connectivity index (χ3v) is 2.49. The Labute approximate surface area is 107 Å². The van der Waals surface area contributed by atoms with Crippen LogP contribution in [0.4, 0.5) is 9.59 Å². The predicted octanol–water partition coefficient (Wildman–Crippen LogP) is 3.50. The minimum atomic E-state index is -1.21.